The highest BCUT2D eigenvalue weighted by Crippen LogP contribution is 2.21. The van der Waals surface area contributed by atoms with Crippen LogP contribution in [0.5, 0.6) is 0 Å². The number of nitrogens with zero attached hydrogens (tertiary/aromatic N) is 2. The number of aryl methyl sites for hydroxylation is 1. The molecule has 3 aromatic rings. The average molecular weight is 556 g/mol. The highest BCUT2D eigenvalue weighted by molar-refractivity contribution is 7.92. The summed E-state index contributed by atoms with van der Waals surface area (Å²) in [6.07, 6.45) is 1.87. The molecule has 0 heterocycles. The van der Waals surface area contributed by atoms with Crippen molar-refractivity contribution in [3.63, 3.8) is 0 Å². The van der Waals surface area contributed by atoms with Gasteiger partial charge in [0, 0.05) is 38.0 Å². The van der Waals surface area contributed by atoms with E-state index in [1.807, 2.05) is 61.5 Å². The number of amides is 2. The maximum absolute atomic E-state index is 13.6. The van der Waals surface area contributed by atoms with Crippen molar-refractivity contribution >= 4 is 39.1 Å². The molecule has 0 fully saturated rings. The second-order valence-corrected chi connectivity index (χ2v) is 11.6. The van der Waals surface area contributed by atoms with Crippen LogP contribution in [0.4, 0.5) is 5.69 Å². The van der Waals surface area contributed by atoms with Gasteiger partial charge in [-0.05, 0) is 48.7 Å². The summed E-state index contributed by atoms with van der Waals surface area (Å²) >= 11 is 6.05. The van der Waals surface area contributed by atoms with Crippen molar-refractivity contribution in [3.05, 3.63) is 101 Å². The number of likely N-dealkylation sites (N-methyl/N-ethyl adjacent to an activating group) is 1. The molecule has 0 aliphatic heterocycles. The Labute approximate surface area is 230 Å². The molecule has 0 radical (unpaired) electrons. The number of hydrogen-bond donors (Lipinski definition) is 1. The third kappa shape index (κ3) is 8.33. The van der Waals surface area contributed by atoms with Crippen LogP contribution in [0.3, 0.4) is 0 Å². The number of rotatable bonds is 12. The fourth-order valence-electron chi connectivity index (χ4n) is 4.22. The van der Waals surface area contributed by atoms with Gasteiger partial charge in [0.2, 0.25) is 21.8 Å². The zero-order valence-corrected chi connectivity index (χ0v) is 23.5. The first kappa shape index (κ1) is 29.2. The molecule has 0 aliphatic carbocycles. The Kier molecular flexibility index (Phi) is 10.3. The normalized spacial score (nSPS) is 12.0. The van der Waals surface area contributed by atoms with Gasteiger partial charge in [-0.25, -0.2) is 8.42 Å². The Hall–Kier alpha value is -3.36. The molecule has 3 rings (SSSR count). The number of anilines is 1. The van der Waals surface area contributed by atoms with Gasteiger partial charge in [0.05, 0.1) is 11.9 Å². The molecule has 2 amide bonds. The lowest BCUT2D eigenvalue weighted by Gasteiger charge is -2.31. The minimum Gasteiger partial charge on any atom is -0.357 e. The van der Waals surface area contributed by atoms with E-state index in [1.54, 1.807) is 36.2 Å². The van der Waals surface area contributed by atoms with Crippen LogP contribution in [-0.4, -0.2) is 51.0 Å². The molecule has 1 atom stereocenters. The minimum absolute atomic E-state index is 0.0771. The molecule has 0 unspecified atom stereocenters. The van der Waals surface area contributed by atoms with Crippen molar-refractivity contribution in [1.29, 1.82) is 0 Å². The number of carbonyl (C=O) groups excluding carboxylic acids is 2. The molecule has 0 aliphatic rings. The summed E-state index contributed by atoms with van der Waals surface area (Å²) < 4.78 is 26.3. The van der Waals surface area contributed by atoms with Gasteiger partial charge in [0.1, 0.15) is 6.04 Å². The molecule has 38 heavy (non-hydrogen) atoms. The van der Waals surface area contributed by atoms with E-state index in [-0.39, 0.29) is 31.3 Å². The molecule has 1 N–H and O–H groups in total. The van der Waals surface area contributed by atoms with Gasteiger partial charge in [-0.1, -0.05) is 71.8 Å². The van der Waals surface area contributed by atoms with Crippen molar-refractivity contribution in [2.24, 2.45) is 0 Å². The number of halogens is 1. The van der Waals surface area contributed by atoms with Gasteiger partial charge in [-0.2, -0.15) is 0 Å². The van der Waals surface area contributed by atoms with Crippen molar-refractivity contribution < 1.29 is 18.0 Å². The van der Waals surface area contributed by atoms with Crippen LogP contribution in [0, 0.1) is 6.92 Å². The molecular formula is C29H34ClN3O4S. The SMILES string of the molecule is CNC(=O)[C@@H](Cc1ccccc1)N(Cc1ccc(Cl)cc1)C(=O)CCCN(c1ccc(C)cc1)S(C)(=O)=O. The third-order valence-corrected chi connectivity index (χ3v) is 7.70. The Morgan fingerprint density at radius 2 is 1.55 bits per heavy atom. The van der Waals surface area contributed by atoms with Crippen LogP contribution in [0.1, 0.15) is 29.5 Å². The van der Waals surface area contributed by atoms with Crippen LogP contribution in [0.15, 0.2) is 78.9 Å². The zero-order chi connectivity index (χ0) is 27.7. The summed E-state index contributed by atoms with van der Waals surface area (Å²) in [7, 11) is -1.99. The van der Waals surface area contributed by atoms with Gasteiger partial charge in [-0.15, -0.1) is 0 Å². The van der Waals surface area contributed by atoms with E-state index >= 15 is 0 Å². The second-order valence-electron chi connectivity index (χ2n) is 9.24. The van der Waals surface area contributed by atoms with Crippen molar-refractivity contribution in [1.82, 2.24) is 10.2 Å². The molecule has 202 valence electrons. The maximum Gasteiger partial charge on any atom is 0.242 e. The van der Waals surface area contributed by atoms with E-state index in [2.05, 4.69) is 5.32 Å². The second kappa shape index (κ2) is 13.4. The van der Waals surface area contributed by atoms with E-state index in [4.69, 9.17) is 11.6 Å². The average Bonchev–Trinajstić information content (AvgIpc) is 2.89. The molecule has 0 spiro atoms. The fourth-order valence-corrected chi connectivity index (χ4v) is 5.31. The Balaban J connectivity index is 1.83. The van der Waals surface area contributed by atoms with E-state index in [0.29, 0.717) is 23.6 Å². The van der Waals surface area contributed by atoms with Crippen LogP contribution < -0.4 is 9.62 Å². The number of benzene rings is 3. The number of carbonyl (C=O) groups is 2. The van der Waals surface area contributed by atoms with Crippen LogP contribution >= 0.6 is 11.6 Å². The van der Waals surface area contributed by atoms with Gasteiger partial charge in [-0.3, -0.25) is 13.9 Å². The van der Waals surface area contributed by atoms with Gasteiger partial charge in [0.25, 0.3) is 0 Å². The molecule has 0 aromatic heterocycles. The quantitative estimate of drug-likeness (QED) is 0.354. The lowest BCUT2D eigenvalue weighted by molar-refractivity contribution is -0.141. The summed E-state index contributed by atoms with van der Waals surface area (Å²) in [5.74, 6) is -0.504. The fraction of sp³-hybridized carbons (Fsp3) is 0.310. The first-order chi connectivity index (χ1) is 18.1. The smallest absolute Gasteiger partial charge is 0.242 e. The van der Waals surface area contributed by atoms with E-state index < -0.39 is 16.1 Å². The van der Waals surface area contributed by atoms with E-state index in [9.17, 15) is 18.0 Å². The summed E-state index contributed by atoms with van der Waals surface area (Å²) in [6.45, 7) is 2.29. The molecule has 9 heteroatoms. The third-order valence-electron chi connectivity index (χ3n) is 6.26. The molecular weight excluding hydrogens is 522 g/mol. The zero-order valence-electron chi connectivity index (χ0n) is 21.9. The van der Waals surface area contributed by atoms with Gasteiger partial charge < -0.3 is 10.2 Å². The molecule has 0 saturated carbocycles. The molecule has 7 nitrogen and oxygen atoms in total. The highest BCUT2D eigenvalue weighted by Gasteiger charge is 2.30. The summed E-state index contributed by atoms with van der Waals surface area (Å²) in [6, 6.07) is 23.2. The number of hydrogen-bond acceptors (Lipinski definition) is 4. The summed E-state index contributed by atoms with van der Waals surface area (Å²) in [4.78, 5) is 28.2. The largest absolute Gasteiger partial charge is 0.357 e. The first-order valence-electron chi connectivity index (χ1n) is 12.4. The minimum atomic E-state index is -3.54. The number of sulfonamides is 1. The monoisotopic (exact) mass is 555 g/mol. The van der Waals surface area contributed by atoms with E-state index in [0.717, 1.165) is 22.9 Å². The summed E-state index contributed by atoms with van der Waals surface area (Å²) in [5.41, 5.74) is 3.34. The maximum atomic E-state index is 13.6. The van der Waals surface area contributed by atoms with E-state index in [1.165, 1.54) is 4.31 Å². The van der Waals surface area contributed by atoms with Crippen LogP contribution in [0.25, 0.3) is 0 Å². The van der Waals surface area contributed by atoms with Gasteiger partial charge in [0.15, 0.2) is 0 Å². The Morgan fingerprint density at radius 3 is 2.13 bits per heavy atom. The van der Waals surface area contributed by atoms with Crippen LogP contribution in [-0.2, 0) is 32.6 Å². The lowest BCUT2D eigenvalue weighted by atomic mass is 10.0. The van der Waals surface area contributed by atoms with Crippen LogP contribution in [0.2, 0.25) is 5.02 Å². The predicted octanol–water partition coefficient (Wildman–Crippen LogP) is 4.58. The molecule has 3 aromatic carbocycles. The van der Waals surface area contributed by atoms with Crippen molar-refractivity contribution in [3.8, 4) is 0 Å². The van der Waals surface area contributed by atoms with Gasteiger partial charge >= 0.3 is 0 Å². The summed E-state index contributed by atoms with van der Waals surface area (Å²) in [5, 5.41) is 3.27. The molecule has 0 bridgehead atoms. The first-order valence-corrected chi connectivity index (χ1v) is 14.6. The number of nitrogens with one attached hydrogen (secondary N) is 1. The standard InChI is InChI=1S/C29H34ClN3O4S/c1-22-11-17-26(18-12-22)33(38(3,36)37)19-7-10-28(34)32(21-24-13-15-25(30)16-14-24)27(29(35)31-2)20-23-8-5-4-6-9-23/h4-6,8-9,11-18,27H,7,10,19-21H2,1-3H3,(H,31,35)/t27-/m1/s1. The lowest BCUT2D eigenvalue weighted by Crippen LogP contribution is -2.49. The van der Waals surface area contributed by atoms with Crippen molar-refractivity contribution in [2.75, 3.05) is 24.2 Å². The predicted molar refractivity (Wildman–Crippen MR) is 153 cm³/mol. The highest BCUT2D eigenvalue weighted by atomic mass is 35.5. The Morgan fingerprint density at radius 1 is 0.921 bits per heavy atom. The molecule has 0 saturated heterocycles. The van der Waals surface area contributed by atoms with Crippen molar-refractivity contribution in [2.45, 2.75) is 38.8 Å². The Bertz CT molecular complexity index is 1310. The topological polar surface area (TPSA) is 86.8 Å².